The van der Waals surface area contributed by atoms with Gasteiger partial charge < -0.3 is 9.80 Å². The molecule has 1 saturated heterocycles. The first-order chi connectivity index (χ1) is 13.1. The molecule has 0 N–H and O–H groups in total. The SMILES string of the molecule is CCCC(C(=O)N1CCN(c2ccnc(-c3ccccc3)n2)CC1)N(C)C. The number of rotatable bonds is 6. The van der Waals surface area contributed by atoms with Crippen molar-refractivity contribution in [3.05, 3.63) is 42.6 Å². The van der Waals surface area contributed by atoms with Gasteiger partial charge in [-0.05, 0) is 26.6 Å². The number of aromatic nitrogens is 2. The molecule has 0 saturated carbocycles. The van der Waals surface area contributed by atoms with E-state index in [9.17, 15) is 4.79 Å². The minimum Gasteiger partial charge on any atom is -0.353 e. The number of carbonyl (C=O) groups is 1. The predicted octanol–water partition coefficient (Wildman–Crippen LogP) is 2.52. The van der Waals surface area contributed by atoms with Crippen molar-refractivity contribution < 1.29 is 4.79 Å². The molecular weight excluding hydrogens is 338 g/mol. The lowest BCUT2D eigenvalue weighted by atomic mass is 10.1. The van der Waals surface area contributed by atoms with Crippen molar-refractivity contribution in [1.29, 1.82) is 0 Å². The molecule has 0 bridgehead atoms. The smallest absolute Gasteiger partial charge is 0.240 e. The van der Waals surface area contributed by atoms with Gasteiger partial charge in [-0.25, -0.2) is 9.97 Å². The molecule has 2 aromatic rings. The van der Waals surface area contributed by atoms with Crippen LogP contribution >= 0.6 is 0 Å². The summed E-state index contributed by atoms with van der Waals surface area (Å²) < 4.78 is 0. The molecule has 144 valence electrons. The van der Waals surface area contributed by atoms with E-state index in [4.69, 9.17) is 4.98 Å². The quantitative estimate of drug-likeness (QED) is 0.785. The lowest BCUT2D eigenvalue weighted by Crippen LogP contribution is -2.54. The van der Waals surface area contributed by atoms with Crippen LogP contribution in [0.2, 0.25) is 0 Å². The largest absolute Gasteiger partial charge is 0.353 e. The molecule has 1 unspecified atom stereocenters. The number of benzene rings is 1. The fraction of sp³-hybridized carbons (Fsp3) is 0.476. The van der Waals surface area contributed by atoms with E-state index in [0.717, 1.165) is 56.2 Å². The van der Waals surface area contributed by atoms with Crippen LogP contribution in [0.25, 0.3) is 11.4 Å². The lowest BCUT2D eigenvalue weighted by Gasteiger charge is -2.38. The fourth-order valence-electron chi connectivity index (χ4n) is 3.49. The van der Waals surface area contributed by atoms with E-state index < -0.39 is 0 Å². The number of nitrogens with zero attached hydrogens (tertiary/aromatic N) is 5. The summed E-state index contributed by atoms with van der Waals surface area (Å²) in [6.07, 6.45) is 3.72. The molecule has 0 aliphatic carbocycles. The van der Waals surface area contributed by atoms with Crippen LogP contribution in [0.15, 0.2) is 42.6 Å². The highest BCUT2D eigenvalue weighted by Gasteiger charge is 2.28. The first-order valence-electron chi connectivity index (χ1n) is 9.68. The zero-order chi connectivity index (χ0) is 19.2. The second-order valence-corrected chi connectivity index (χ2v) is 7.18. The van der Waals surface area contributed by atoms with Gasteiger partial charge in [-0.3, -0.25) is 9.69 Å². The number of hydrogen-bond donors (Lipinski definition) is 0. The average Bonchev–Trinajstić information content (AvgIpc) is 2.72. The highest BCUT2D eigenvalue weighted by Crippen LogP contribution is 2.20. The van der Waals surface area contributed by atoms with Gasteiger partial charge in [-0.15, -0.1) is 0 Å². The summed E-state index contributed by atoms with van der Waals surface area (Å²) in [6.45, 7) is 5.18. The van der Waals surface area contributed by atoms with Crippen molar-refractivity contribution in [2.45, 2.75) is 25.8 Å². The molecule has 1 amide bonds. The van der Waals surface area contributed by atoms with Gasteiger partial charge in [-0.1, -0.05) is 43.7 Å². The van der Waals surface area contributed by atoms with Crippen LogP contribution in [0.1, 0.15) is 19.8 Å². The molecule has 6 nitrogen and oxygen atoms in total. The van der Waals surface area contributed by atoms with E-state index >= 15 is 0 Å². The summed E-state index contributed by atoms with van der Waals surface area (Å²) >= 11 is 0. The summed E-state index contributed by atoms with van der Waals surface area (Å²) in [5, 5.41) is 0. The maximum absolute atomic E-state index is 12.9. The van der Waals surface area contributed by atoms with Gasteiger partial charge in [-0.2, -0.15) is 0 Å². The summed E-state index contributed by atoms with van der Waals surface area (Å²) in [5.41, 5.74) is 1.02. The summed E-state index contributed by atoms with van der Waals surface area (Å²) in [7, 11) is 3.97. The Kier molecular flexibility index (Phi) is 6.40. The highest BCUT2D eigenvalue weighted by atomic mass is 16.2. The summed E-state index contributed by atoms with van der Waals surface area (Å²) in [5.74, 6) is 1.91. The topological polar surface area (TPSA) is 52.6 Å². The van der Waals surface area contributed by atoms with Gasteiger partial charge in [0.25, 0.3) is 0 Å². The number of amides is 1. The van der Waals surface area contributed by atoms with Gasteiger partial charge >= 0.3 is 0 Å². The Balaban J connectivity index is 1.65. The molecule has 27 heavy (non-hydrogen) atoms. The normalized spacial score (nSPS) is 15.9. The Morgan fingerprint density at radius 3 is 2.44 bits per heavy atom. The van der Waals surface area contributed by atoms with Crippen molar-refractivity contribution in [3.8, 4) is 11.4 Å². The second kappa shape index (κ2) is 8.95. The van der Waals surface area contributed by atoms with Crippen LogP contribution in [0.5, 0.6) is 0 Å². The Bertz CT molecular complexity index is 741. The molecule has 2 heterocycles. The molecular formula is C21H29N5O. The third-order valence-corrected chi connectivity index (χ3v) is 5.06. The molecule has 1 aliphatic heterocycles. The van der Waals surface area contributed by atoms with Gasteiger partial charge in [0.2, 0.25) is 5.91 Å². The van der Waals surface area contributed by atoms with Crippen LogP contribution in [-0.2, 0) is 4.79 Å². The molecule has 1 aromatic heterocycles. The van der Waals surface area contributed by atoms with Crippen LogP contribution in [0.4, 0.5) is 5.82 Å². The average molecular weight is 367 g/mol. The molecule has 6 heteroatoms. The standard InChI is InChI=1S/C21H29N5O/c1-4-8-18(24(2)3)21(27)26-15-13-25(14-16-26)19-11-12-22-20(23-19)17-9-6-5-7-10-17/h5-7,9-12,18H,4,8,13-16H2,1-3H3. The van der Waals surface area contributed by atoms with Crippen molar-refractivity contribution in [1.82, 2.24) is 19.8 Å². The Hall–Kier alpha value is -2.47. The van der Waals surface area contributed by atoms with E-state index in [-0.39, 0.29) is 11.9 Å². The Labute approximate surface area is 161 Å². The molecule has 3 rings (SSSR count). The molecule has 1 aliphatic rings. The minimum absolute atomic E-state index is 0.0229. The number of piperazine rings is 1. The first-order valence-corrected chi connectivity index (χ1v) is 9.68. The highest BCUT2D eigenvalue weighted by molar-refractivity contribution is 5.82. The summed E-state index contributed by atoms with van der Waals surface area (Å²) in [6, 6.07) is 11.9. The Morgan fingerprint density at radius 1 is 1.11 bits per heavy atom. The van der Waals surface area contributed by atoms with Crippen molar-refractivity contribution in [2.24, 2.45) is 0 Å². The lowest BCUT2D eigenvalue weighted by molar-refractivity contribution is -0.136. The van der Waals surface area contributed by atoms with Crippen molar-refractivity contribution >= 4 is 11.7 Å². The predicted molar refractivity (Wildman–Crippen MR) is 109 cm³/mol. The zero-order valence-electron chi connectivity index (χ0n) is 16.5. The van der Waals surface area contributed by atoms with Crippen molar-refractivity contribution in [3.63, 3.8) is 0 Å². The van der Waals surface area contributed by atoms with Gasteiger partial charge in [0.15, 0.2) is 5.82 Å². The molecule has 1 fully saturated rings. The van der Waals surface area contributed by atoms with Crippen LogP contribution in [0.3, 0.4) is 0 Å². The van der Waals surface area contributed by atoms with E-state index in [1.54, 1.807) is 0 Å². The number of carbonyl (C=O) groups excluding carboxylic acids is 1. The third-order valence-electron chi connectivity index (χ3n) is 5.06. The van der Waals surface area contributed by atoms with Crippen molar-refractivity contribution in [2.75, 3.05) is 45.2 Å². The molecule has 0 radical (unpaired) electrons. The molecule has 1 aromatic carbocycles. The third kappa shape index (κ3) is 4.63. The van der Waals surface area contributed by atoms with Crippen LogP contribution in [0, 0.1) is 0 Å². The van der Waals surface area contributed by atoms with E-state index in [1.807, 2.05) is 66.5 Å². The Morgan fingerprint density at radius 2 is 1.81 bits per heavy atom. The fourth-order valence-corrected chi connectivity index (χ4v) is 3.49. The maximum atomic E-state index is 12.9. The molecule has 0 spiro atoms. The second-order valence-electron chi connectivity index (χ2n) is 7.18. The van der Waals surface area contributed by atoms with E-state index in [0.29, 0.717) is 0 Å². The monoisotopic (exact) mass is 367 g/mol. The number of hydrogen-bond acceptors (Lipinski definition) is 5. The van der Waals surface area contributed by atoms with Crippen LogP contribution < -0.4 is 4.90 Å². The van der Waals surface area contributed by atoms with Gasteiger partial charge in [0, 0.05) is 37.9 Å². The zero-order valence-corrected chi connectivity index (χ0v) is 16.5. The van der Waals surface area contributed by atoms with E-state index in [1.165, 1.54) is 0 Å². The molecule has 1 atom stereocenters. The number of likely N-dealkylation sites (N-methyl/N-ethyl adjacent to an activating group) is 1. The first kappa shape index (κ1) is 19.3. The number of anilines is 1. The maximum Gasteiger partial charge on any atom is 0.240 e. The van der Waals surface area contributed by atoms with E-state index in [2.05, 4.69) is 16.8 Å². The van der Waals surface area contributed by atoms with Crippen LogP contribution in [-0.4, -0.2) is 72.0 Å². The minimum atomic E-state index is -0.0229. The van der Waals surface area contributed by atoms with Gasteiger partial charge in [0.05, 0.1) is 6.04 Å². The summed E-state index contributed by atoms with van der Waals surface area (Å²) in [4.78, 5) is 28.3. The van der Waals surface area contributed by atoms with Gasteiger partial charge in [0.1, 0.15) is 5.82 Å².